The van der Waals surface area contributed by atoms with Crippen molar-refractivity contribution in [1.29, 1.82) is 0 Å². The summed E-state index contributed by atoms with van der Waals surface area (Å²) < 4.78 is 40.2. The highest BCUT2D eigenvalue weighted by Gasteiger charge is 2.30. The molecule has 0 fully saturated rings. The van der Waals surface area contributed by atoms with E-state index in [1.807, 2.05) is 0 Å². The van der Waals surface area contributed by atoms with Gasteiger partial charge in [0.05, 0.1) is 11.4 Å². The second-order valence-electron chi connectivity index (χ2n) is 5.61. The Kier molecular flexibility index (Phi) is 6.68. The standard InChI is InChI=1S/C18H16ClF3N2O3/c1-11(25)23-16-10-13(19)5-8-15(16)24-17(26)9-4-12-2-6-14(7-3-12)27-18(20,21)22/h2-3,5-8,10H,4,9H2,1H3,(H,23,25)(H,24,26). The van der Waals surface area contributed by atoms with Gasteiger partial charge in [0.15, 0.2) is 0 Å². The van der Waals surface area contributed by atoms with Gasteiger partial charge in [0.1, 0.15) is 5.75 Å². The van der Waals surface area contributed by atoms with E-state index in [1.54, 1.807) is 12.1 Å². The van der Waals surface area contributed by atoms with E-state index in [4.69, 9.17) is 11.6 Å². The Labute approximate surface area is 158 Å². The molecule has 27 heavy (non-hydrogen) atoms. The van der Waals surface area contributed by atoms with Crippen LogP contribution in [0.4, 0.5) is 24.5 Å². The summed E-state index contributed by atoms with van der Waals surface area (Å²) in [5.74, 6) is -0.953. The predicted octanol–water partition coefficient (Wildman–Crippen LogP) is 4.77. The second kappa shape index (κ2) is 8.77. The van der Waals surface area contributed by atoms with E-state index >= 15 is 0 Å². The number of alkyl halides is 3. The highest BCUT2D eigenvalue weighted by molar-refractivity contribution is 6.31. The lowest BCUT2D eigenvalue weighted by molar-refractivity contribution is -0.274. The molecule has 0 bridgehead atoms. The van der Waals surface area contributed by atoms with Gasteiger partial charge in [0.25, 0.3) is 0 Å². The summed E-state index contributed by atoms with van der Waals surface area (Å²) in [6, 6.07) is 9.94. The molecule has 0 radical (unpaired) electrons. The third kappa shape index (κ3) is 7.18. The van der Waals surface area contributed by atoms with E-state index in [-0.39, 0.29) is 24.0 Å². The number of hydrogen-bond donors (Lipinski definition) is 2. The summed E-state index contributed by atoms with van der Waals surface area (Å²) >= 11 is 5.89. The Morgan fingerprint density at radius 3 is 2.30 bits per heavy atom. The molecule has 0 saturated heterocycles. The van der Waals surface area contributed by atoms with Crippen LogP contribution >= 0.6 is 11.6 Å². The predicted molar refractivity (Wildman–Crippen MR) is 95.8 cm³/mol. The molecular formula is C18H16ClF3N2O3. The summed E-state index contributed by atoms with van der Waals surface area (Å²) in [4.78, 5) is 23.4. The van der Waals surface area contributed by atoms with Crippen molar-refractivity contribution in [3.05, 3.63) is 53.1 Å². The van der Waals surface area contributed by atoms with Gasteiger partial charge in [-0.15, -0.1) is 13.2 Å². The van der Waals surface area contributed by atoms with Gasteiger partial charge in [-0.1, -0.05) is 23.7 Å². The molecule has 2 aromatic rings. The third-order valence-corrected chi connectivity index (χ3v) is 3.60. The Morgan fingerprint density at radius 1 is 1.04 bits per heavy atom. The molecule has 0 aliphatic carbocycles. The van der Waals surface area contributed by atoms with Crippen LogP contribution in [-0.2, 0) is 16.0 Å². The minimum absolute atomic E-state index is 0.0988. The molecule has 2 N–H and O–H groups in total. The van der Waals surface area contributed by atoms with Crippen molar-refractivity contribution in [3.63, 3.8) is 0 Å². The zero-order chi connectivity index (χ0) is 20.0. The molecule has 0 heterocycles. The molecule has 144 valence electrons. The van der Waals surface area contributed by atoms with Crippen molar-refractivity contribution in [2.45, 2.75) is 26.1 Å². The van der Waals surface area contributed by atoms with Gasteiger partial charge in [-0.05, 0) is 42.3 Å². The molecule has 0 saturated carbocycles. The summed E-state index contributed by atoms with van der Waals surface area (Å²) in [5, 5.41) is 5.65. The second-order valence-corrected chi connectivity index (χ2v) is 6.05. The summed E-state index contributed by atoms with van der Waals surface area (Å²) in [6.07, 6.45) is -4.32. The Bertz CT molecular complexity index is 824. The third-order valence-electron chi connectivity index (χ3n) is 3.36. The number of hydrogen-bond acceptors (Lipinski definition) is 3. The molecule has 5 nitrogen and oxygen atoms in total. The van der Waals surface area contributed by atoms with Gasteiger partial charge in [-0.2, -0.15) is 0 Å². The van der Waals surface area contributed by atoms with Crippen LogP contribution in [0.2, 0.25) is 5.02 Å². The largest absolute Gasteiger partial charge is 0.573 e. The monoisotopic (exact) mass is 400 g/mol. The lowest BCUT2D eigenvalue weighted by atomic mass is 10.1. The highest BCUT2D eigenvalue weighted by atomic mass is 35.5. The van der Waals surface area contributed by atoms with Crippen molar-refractivity contribution < 1.29 is 27.5 Å². The number of amides is 2. The van der Waals surface area contributed by atoms with Gasteiger partial charge in [-0.3, -0.25) is 9.59 Å². The number of benzene rings is 2. The number of ether oxygens (including phenoxy) is 1. The van der Waals surface area contributed by atoms with Gasteiger partial charge < -0.3 is 15.4 Å². The molecule has 0 aliphatic rings. The maximum Gasteiger partial charge on any atom is 0.573 e. The number of anilines is 2. The summed E-state index contributed by atoms with van der Waals surface area (Å²) in [7, 11) is 0. The number of halogens is 4. The van der Waals surface area contributed by atoms with E-state index in [0.29, 0.717) is 28.4 Å². The average molecular weight is 401 g/mol. The maximum atomic E-state index is 12.1. The van der Waals surface area contributed by atoms with Crippen LogP contribution in [0.25, 0.3) is 0 Å². The lowest BCUT2D eigenvalue weighted by Gasteiger charge is -2.12. The van der Waals surface area contributed by atoms with Crippen LogP contribution in [0.5, 0.6) is 5.75 Å². The van der Waals surface area contributed by atoms with Crippen molar-refractivity contribution >= 4 is 34.8 Å². The number of carbonyl (C=O) groups is 2. The van der Waals surface area contributed by atoms with E-state index in [0.717, 1.165) is 0 Å². The molecular weight excluding hydrogens is 385 g/mol. The van der Waals surface area contributed by atoms with Crippen molar-refractivity contribution in [1.82, 2.24) is 0 Å². The quantitative estimate of drug-likeness (QED) is 0.734. The van der Waals surface area contributed by atoms with Gasteiger partial charge in [-0.25, -0.2) is 0 Å². The first-order valence-electron chi connectivity index (χ1n) is 7.84. The van der Waals surface area contributed by atoms with E-state index < -0.39 is 6.36 Å². The summed E-state index contributed by atoms with van der Waals surface area (Å²) in [6.45, 7) is 1.33. The van der Waals surface area contributed by atoms with Crippen molar-refractivity contribution in [3.8, 4) is 5.75 Å². The fraction of sp³-hybridized carbons (Fsp3) is 0.222. The summed E-state index contributed by atoms with van der Waals surface area (Å²) in [5.41, 5.74) is 1.45. The normalized spacial score (nSPS) is 11.0. The smallest absolute Gasteiger partial charge is 0.406 e. The molecule has 0 aromatic heterocycles. The first-order chi connectivity index (χ1) is 12.6. The highest BCUT2D eigenvalue weighted by Crippen LogP contribution is 2.26. The molecule has 0 unspecified atom stereocenters. The van der Waals surface area contributed by atoms with Crippen molar-refractivity contribution in [2.75, 3.05) is 10.6 Å². The van der Waals surface area contributed by atoms with Crippen LogP contribution in [-0.4, -0.2) is 18.2 Å². The Balaban J connectivity index is 1.94. The van der Waals surface area contributed by atoms with Crippen LogP contribution in [0.15, 0.2) is 42.5 Å². The van der Waals surface area contributed by atoms with Crippen LogP contribution in [0.3, 0.4) is 0 Å². The minimum atomic E-state index is -4.74. The zero-order valence-corrected chi connectivity index (χ0v) is 14.9. The van der Waals surface area contributed by atoms with Gasteiger partial charge in [0.2, 0.25) is 11.8 Å². The first kappa shape index (κ1) is 20.6. The van der Waals surface area contributed by atoms with E-state index in [2.05, 4.69) is 15.4 Å². The lowest BCUT2D eigenvalue weighted by Crippen LogP contribution is -2.17. The van der Waals surface area contributed by atoms with Gasteiger partial charge >= 0.3 is 6.36 Å². The first-order valence-corrected chi connectivity index (χ1v) is 8.22. The number of nitrogens with one attached hydrogen (secondary N) is 2. The Morgan fingerprint density at radius 2 is 1.70 bits per heavy atom. The van der Waals surface area contributed by atoms with Crippen LogP contribution < -0.4 is 15.4 Å². The molecule has 0 atom stereocenters. The minimum Gasteiger partial charge on any atom is -0.406 e. The number of rotatable bonds is 6. The molecule has 0 spiro atoms. The van der Waals surface area contributed by atoms with E-state index in [1.165, 1.54) is 37.3 Å². The maximum absolute atomic E-state index is 12.1. The fourth-order valence-electron chi connectivity index (χ4n) is 2.25. The molecule has 2 rings (SSSR count). The van der Waals surface area contributed by atoms with Crippen LogP contribution in [0.1, 0.15) is 18.9 Å². The molecule has 2 amide bonds. The topological polar surface area (TPSA) is 67.4 Å². The van der Waals surface area contributed by atoms with Crippen LogP contribution in [0, 0.1) is 0 Å². The fourth-order valence-corrected chi connectivity index (χ4v) is 2.42. The Hall–Kier alpha value is -2.74. The SMILES string of the molecule is CC(=O)Nc1cc(Cl)ccc1NC(=O)CCc1ccc(OC(F)(F)F)cc1. The molecule has 9 heteroatoms. The molecule has 2 aromatic carbocycles. The van der Waals surface area contributed by atoms with E-state index in [9.17, 15) is 22.8 Å². The molecule has 0 aliphatic heterocycles. The van der Waals surface area contributed by atoms with Gasteiger partial charge in [0, 0.05) is 18.4 Å². The zero-order valence-electron chi connectivity index (χ0n) is 14.2. The number of carbonyl (C=O) groups excluding carboxylic acids is 2. The van der Waals surface area contributed by atoms with Crippen molar-refractivity contribution in [2.24, 2.45) is 0 Å². The average Bonchev–Trinajstić information content (AvgIpc) is 2.55. The number of aryl methyl sites for hydroxylation is 1.